The van der Waals surface area contributed by atoms with Crippen LogP contribution in [0.25, 0.3) is 0 Å². The van der Waals surface area contributed by atoms with Gasteiger partial charge in [-0.1, -0.05) is 31.2 Å². The summed E-state index contributed by atoms with van der Waals surface area (Å²) in [5.74, 6) is 1.71. The molecule has 3 rings (SSSR count). The van der Waals surface area contributed by atoms with Crippen molar-refractivity contribution in [3.05, 3.63) is 47.2 Å². The van der Waals surface area contributed by atoms with Gasteiger partial charge in [-0.2, -0.15) is 0 Å². The first-order valence-corrected chi connectivity index (χ1v) is 6.44. The van der Waals surface area contributed by atoms with Gasteiger partial charge < -0.3 is 9.73 Å². The number of nitrogens with one attached hydrogen (secondary N) is 1. The number of nitrogens with zero attached hydrogens (tertiary/aromatic N) is 2. The van der Waals surface area contributed by atoms with E-state index in [2.05, 4.69) is 46.7 Å². The first-order valence-electron chi connectivity index (χ1n) is 6.44. The minimum atomic E-state index is 0.117. The molecule has 0 saturated heterocycles. The summed E-state index contributed by atoms with van der Waals surface area (Å²) in [4.78, 5) is 0. The topological polar surface area (TPSA) is 51.0 Å². The number of aromatic nitrogens is 2. The Morgan fingerprint density at radius 2 is 2.22 bits per heavy atom. The SMILES string of the molecule is CCNC(C)c1nnc(C2Cc3ccccc32)o1. The molecule has 2 unspecified atom stereocenters. The Morgan fingerprint density at radius 1 is 1.39 bits per heavy atom. The number of hydrogen-bond acceptors (Lipinski definition) is 4. The average molecular weight is 243 g/mol. The van der Waals surface area contributed by atoms with Crippen molar-refractivity contribution in [2.75, 3.05) is 6.54 Å². The second kappa shape index (κ2) is 4.53. The van der Waals surface area contributed by atoms with Crippen molar-refractivity contribution in [1.29, 1.82) is 0 Å². The quantitative estimate of drug-likeness (QED) is 0.896. The molecule has 2 atom stereocenters. The zero-order valence-corrected chi connectivity index (χ0v) is 10.7. The van der Waals surface area contributed by atoms with Gasteiger partial charge in [-0.25, -0.2) is 0 Å². The highest BCUT2D eigenvalue weighted by Crippen LogP contribution is 2.39. The predicted molar refractivity (Wildman–Crippen MR) is 68.4 cm³/mol. The maximum absolute atomic E-state index is 5.77. The molecule has 0 radical (unpaired) electrons. The molecule has 1 aliphatic carbocycles. The molecular formula is C14H17N3O. The molecule has 2 aromatic rings. The third kappa shape index (κ3) is 1.82. The van der Waals surface area contributed by atoms with Crippen LogP contribution in [-0.2, 0) is 6.42 Å². The molecule has 94 valence electrons. The van der Waals surface area contributed by atoms with Crippen LogP contribution in [0.4, 0.5) is 0 Å². The summed E-state index contributed by atoms with van der Waals surface area (Å²) in [5, 5.41) is 11.6. The average Bonchev–Trinajstić information content (AvgIpc) is 2.80. The van der Waals surface area contributed by atoms with Crippen molar-refractivity contribution in [2.24, 2.45) is 0 Å². The van der Waals surface area contributed by atoms with Crippen molar-refractivity contribution in [3.63, 3.8) is 0 Å². The summed E-state index contributed by atoms with van der Waals surface area (Å²) in [6.07, 6.45) is 1.01. The normalized spacial score (nSPS) is 19.1. The van der Waals surface area contributed by atoms with Gasteiger partial charge in [0.05, 0.1) is 12.0 Å². The fraction of sp³-hybridized carbons (Fsp3) is 0.429. The van der Waals surface area contributed by atoms with Gasteiger partial charge in [-0.05, 0) is 31.0 Å². The van der Waals surface area contributed by atoms with Crippen LogP contribution in [0.2, 0.25) is 0 Å². The number of hydrogen-bond donors (Lipinski definition) is 1. The summed E-state index contributed by atoms with van der Waals surface area (Å²) in [5.41, 5.74) is 2.71. The van der Waals surface area contributed by atoms with E-state index >= 15 is 0 Å². The monoisotopic (exact) mass is 243 g/mol. The summed E-state index contributed by atoms with van der Waals surface area (Å²) >= 11 is 0. The van der Waals surface area contributed by atoms with Crippen LogP contribution in [0.15, 0.2) is 28.7 Å². The van der Waals surface area contributed by atoms with Gasteiger partial charge in [-0.3, -0.25) is 0 Å². The van der Waals surface area contributed by atoms with Crippen LogP contribution >= 0.6 is 0 Å². The highest BCUT2D eigenvalue weighted by molar-refractivity contribution is 5.43. The van der Waals surface area contributed by atoms with Gasteiger partial charge >= 0.3 is 0 Å². The molecule has 0 amide bonds. The maximum Gasteiger partial charge on any atom is 0.233 e. The highest BCUT2D eigenvalue weighted by Gasteiger charge is 2.31. The molecule has 18 heavy (non-hydrogen) atoms. The van der Waals surface area contributed by atoms with E-state index in [9.17, 15) is 0 Å². The van der Waals surface area contributed by atoms with Crippen LogP contribution in [0.1, 0.15) is 48.7 Å². The minimum Gasteiger partial charge on any atom is -0.423 e. The van der Waals surface area contributed by atoms with Crippen LogP contribution in [0.3, 0.4) is 0 Å². The lowest BCUT2D eigenvalue weighted by Crippen LogP contribution is -2.18. The number of rotatable bonds is 4. The summed E-state index contributed by atoms with van der Waals surface area (Å²) in [7, 11) is 0. The van der Waals surface area contributed by atoms with Gasteiger partial charge in [0.1, 0.15) is 0 Å². The van der Waals surface area contributed by atoms with Crippen LogP contribution in [-0.4, -0.2) is 16.7 Å². The fourth-order valence-electron chi connectivity index (χ4n) is 2.43. The molecule has 0 bridgehead atoms. The van der Waals surface area contributed by atoms with E-state index in [0.717, 1.165) is 18.9 Å². The summed E-state index contributed by atoms with van der Waals surface area (Å²) in [6.45, 7) is 5.00. The lowest BCUT2D eigenvalue weighted by atomic mass is 9.77. The standard InChI is InChI=1S/C14H17N3O/c1-3-15-9(2)13-16-17-14(18-13)12-8-10-6-4-5-7-11(10)12/h4-7,9,12,15H,3,8H2,1-2H3. The van der Waals surface area contributed by atoms with Crippen LogP contribution in [0.5, 0.6) is 0 Å². The van der Waals surface area contributed by atoms with Gasteiger partial charge in [0.15, 0.2) is 0 Å². The number of benzene rings is 1. The van der Waals surface area contributed by atoms with E-state index in [1.54, 1.807) is 0 Å². The third-order valence-corrected chi connectivity index (χ3v) is 3.49. The molecule has 0 saturated carbocycles. The molecule has 1 aliphatic rings. The Hall–Kier alpha value is -1.68. The van der Waals surface area contributed by atoms with E-state index in [0.29, 0.717) is 5.89 Å². The molecule has 1 heterocycles. The van der Waals surface area contributed by atoms with E-state index in [4.69, 9.17) is 4.42 Å². The van der Waals surface area contributed by atoms with Gasteiger partial charge in [0.25, 0.3) is 0 Å². The molecule has 1 aromatic carbocycles. The van der Waals surface area contributed by atoms with Gasteiger partial charge in [0.2, 0.25) is 11.8 Å². The fourth-order valence-corrected chi connectivity index (χ4v) is 2.43. The maximum atomic E-state index is 5.77. The second-order valence-electron chi connectivity index (χ2n) is 4.71. The zero-order chi connectivity index (χ0) is 12.5. The van der Waals surface area contributed by atoms with Crippen molar-refractivity contribution in [3.8, 4) is 0 Å². The molecule has 4 nitrogen and oxygen atoms in total. The van der Waals surface area contributed by atoms with Crippen LogP contribution < -0.4 is 5.32 Å². The Bertz CT molecular complexity index is 549. The summed E-state index contributed by atoms with van der Waals surface area (Å²) < 4.78 is 5.77. The molecular weight excluding hydrogens is 226 g/mol. The number of fused-ring (bicyclic) bond motifs is 1. The lowest BCUT2D eigenvalue weighted by Gasteiger charge is -2.26. The highest BCUT2D eigenvalue weighted by atomic mass is 16.4. The largest absolute Gasteiger partial charge is 0.423 e. The minimum absolute atomic E-state index is 0.117. The Balaban J connectivity index is 1.80. The lowest BCUT2D eigenvalue weighted by molar-refractivity contribution is 0.379. The second-order valence-corrected chi connectivity index (χ2v) is 4.71. The predicted octanol–water partition coefficient (Wildman–Crippen LogP) is 2.43. The molecule has 4 heteroatoms. The smallest absolute Gasteiger partial charge is 0.233 e. The Morgan fingerprint density at radius 3 is 3.00 bits per heavy atom. The molecule has 0 aliphatic heterocycles. The third-order valence-electron chi connectivity index (χ3n) is 3.49. The molecule has 1 aromatic heterocycles. The molecule has 0 fully saturated rings. The van der Waals surface area contributed by atoms with Gasteiger partial charge in [0, 0.05) is 0 Å². The van der Waals surface area contributed by atoms with Crippen LogP contribution in [0, 0.1) is 0 Å². The first-order chi connectivity index (χ1) is 8.79. The van der Waals surface area contributed by atoms with E-state index in [1.165, 1.54) is 11.1 Å². The van der Waals surface area contributed by atoms with Crippen molar-refractivity contribution in [1.82, 2.24) is 15.5 Å². The van der Waals surface area contributed by atoms with E-state index in [1.807, 2.05) is 6.92 Å². The van der Waals surface area contributed by atoms with Crippen molar-refractivity contribution >= 4 is 0 Å². The zero-order valence-electron chi connectivity index (χ0n) is 10.7. The van der Waals surface area contributed by atoms with E-state index in [-0.39, 0.29) is 12.0 Å². The first kappa shape index (κ1) is 11.4. The summed E-state index contributed by atoms with van der Waals surface area (Å²) in [6, 6.07) is 8.54. The van der Waals surface area contributed by atoms with Crippen molar-refractivity contribution in [2.45, 2.75) is 32.2 Å². The van der Waals surface area contributed by atoms with Crippen molar-refractivity contribution < 1.29 is 4.42 Å². The molecule has 1 N–H and O–H groups in total. The molecule has 0 spiro atoms. The van der Waals surface area contributed by atoms with Gasteiger partial charge in [-0.15, -0.1) is 10.2 Å². The Kier molecular flexibility index (Phi) is 2.88. The van der Waals surface area contributed by atoms with E-state index < -0.39 is 0 Å². The Labute approximate surface area is 106 Å².